The molecule has 26 heavy (non-hydrogen) atoms. The van der Waals surface area contributed by atoms with Crippen LogP contribution in [0.25, 0.3) is 0 Å². The van der Waals surface area contributed by atoms with Crippen LogP contribution in [0.4, 0.5) is 0 Å². The molecule has 3 fully saturated rings. The SMILES string of the molecule is C[C@]12CCC(=O)C=C1CC[C@@H]1C3CC[C@](O)(C(=O)CO)[C@@]3(C)C[C@@H](O)[C@H]12. The molecule has 0 aliphatic heterocycles. The van der Waals surface area contributed by atoms with Crippen molar-refractivity contribution < 1.29 is 24.9 Å². The van der Waals surface area contributed by atoms with Crippen molar-refractivity contribution in [2.45, 2.75) is 70.5 Å². The highest BCUT2D eigenvalue weighted by Crippen LogP contribution is 2.67. The zero-order valence-electron chi connectivity index (χ0n) is 15.7. The fourth-order valence-corrected chi connectivity index (χ4v) is 7.28. The number of rotatable bonds is 2. The topological polar surface area (TPSA) is 94.8 Å². The molecule has 0 aromatic heterocycles. The molecule has 0 amide bonds. The fraction of sp³-hybridized carbons (Fsp3) is 0.810. The molecule has 5 heteroatoms. The Hall–Kier alpha value is -1.04. The van der Waals surface area contributed by atoms with Crippen LogP contribution < -0.4 is 0 Å². The maximum Gasteiger partial charge on any atom is 0.190 e. The van der Waals surface area contributed by atoms with Gasteiger partial charge in [-0.3, -0.25) is 9.59 Å². The third-order valence-electron chi connectivity index (χ3n) is 8.65. The first-order valence-corrected chi connectivity index (χ1v) is 9.96. The first-order chi connectivity index (χ1) is 12.2. The minimum Gasteiger partial charge on any atom is -0.393 e. The van der Waals surface area contributed by atoms with E-state index in [1.54, 1.807) is 6.08 Å². The predicted octanol–water partition coefficient (Wildman–Crippen LogP) is 1.78. The van der Waals surface area contributed by atoms with Crippen LogP contribution in [0.15, 0.2) is 11.6 Å². The Kier molecular flexibility index (Phi) is 4.04. The van der Waals surface area contributed by atoms with Crippen LogP contribution in [0.3, 0.4) is 0 Å². The number of carbonyl (C=O) groups is 2. The second-order valence-corrected chi connectivity index (χ2v) is 9.56. The lowest BCUT2D eigenvalue weighted by molar-refractivity contribution is -0.182. The van der Waals surface area contributed by atoms with Crippen LogP contribution in [0.5, 0.6) is 0 Å². The van der Waals surface area contributed by atoms with Crippen LogP contribution in [0, 0.1) is 28.6 Å². The highest BCUT2D eigenvalue weighted by Gasteiger charge is 2.68. The smallest absolute Gasteiger partial charge is 0.190 e. The van der Waals surface area contributed by atoms with Crippen molar-refractivity contribution in [3.05, 3.63) is 11.6 Å². The second-order valence-electron chi connectivity index (χ2n) is 9.56. The highest BCUT2D eigenvalue weighted by atomic mass is 16.3. The van der Waals surface area contributed by atoms with Crippen LogP contribution in [0.1, 0.15) is 58.8 Å². The van der Waals surface area contributed by atoms with Gasteiger partial charge in [-0.25, -0.2) is 0 Å². The number of hydrogen-bond donors (Lipinski definition) is 3. The second kappa shape index (κ2) is 5.73. The summed E-state index contributed by atoms with van der Waals surface area (Å²) in [5.41, 5.74) is -1.23. The largest absolute Gasteiger partial charge is 0.393 e. The number of hydrogen-bond acceptors (Lipinski definition) is 5. The van der Waals surface area contributed by atoms with Crippen molar-refractivity contribution >= 4 is 11.6 Å². The summed E-state index contributed by atoms with van der Waals surface area (Å²) < 4.78 is 0. The van der Waals surface area contributed by atoms with Crippen LogP contribution in [-0.4, -0.2) is 45.2 Å². The molecule has 0 spiro atoms. The Balaban J connectivity index is 1.74. The molecule has 3 N–H and O–H groups in total. The van der Waals surface area contributed by atoms with Crippen molar-refractivity contribution in [2.75, 3.05) is 6.61 Å². The van der Waals surface area contributed by atoms with Crippen molar-refractivity contribution in [2.24, 2.45) is 28.6 Å². The van der Waals surface area contributed by atoms with Crippen molar-refractivity contribution in [1.29, 1.82) is 0 Å². The highest BCUT2D eigenvalue weighted by molar-refractivity contribution is 5.91. The van der Waals surface area contributed by atoms with E-state index in [-0.39, 0.29) is 29.0 Å². The standard InChI is InChI=1S/C21H30O5/c1-19-7-5-13(23)9-12(19)3-4-14-15-6-8-21(26,17(25)11-22)20(15,2)10-16(24)18(14)19/h9,14-16,18,22,24,26H,3-8,10-11H2,1-2H3/t14-,15?,16-,18+,19+,20+,21+/m1/s1. The Bertz CT molecular complexity index is 684. The lowest BCUT2D eigenvalue weighted by atomic mass is 9.45. The zero-order valence-corrected chi connectivity index (χ0v) is 15.7. The summed E-state index contributed by atoms with van der Waals surface area (Å²) in [6, 6.07) is 0. The van der Waals surface area contributed by atoms with E-state index in [2.05, 4.69) is 6.92 Å². The lowest BCUT2D eigenvalue weighted by Crippen LogP contribution is -2.62. The van der Waals surface area contributed by atoms with Crippen LogP contribution >= 0.6 is 0 Å². The molecular formula is C21H30O5. The van der Waals surface area contributed by atoms with E-state index in [1.807, 2.05) is 6.92 Å². The molecule has 4 rings (SSSR count). The molecule has 0 radical (unpaired) electrons. The third kappa shape index (κ3) is 2.14. The normalized spacial score (nSPS) is 50.5. The Morgan fingerprint density at radius 1 is 1.23 bits per heavy atom. The summed E-state index contributed by atoms with van der Waals surface area (Å²) in [6.45, 7) is 3.46. The number of ketones is 2. The van der Waals surface area contributed by atoms with E-state index < -0.39 is 29.5 Å². The Labute approximate surface area is 154 Å². The number of Topliss-reactive ketones (excluding diaryl/α,β-unsaturated/α-hetero) is 1. The van der Waals surface area contributed by atoms with Crippen molar-refractivity contribution in [1.82, 2.24) is 0 Å². The van der Waals surface area contributed by atoms with Crippen molar-refractivity contribution in [3.63, 3.8) is 0 Å². The summed E-state index contributed by atoms with van der Waals surface area (Å²) in [5, 5.41) is 31.7. The summed E-state index contributed by atoms with van der Waals surface area (Å²) in [6.07, 6.45) is 5.74. The maximum atomic E-state index is 12.4. The van der Waals surface area contributed by atoms with Crippen molar-refractivity contribution in [3.8, 4) is 0 Å². The van der Waals surface area contributed by atoms with Gasteiger partial charge < -0.3 is 15.3 Å². The molecule has 3 saturated carbocycles. The van der Waals surface area contributed by atoms with Gasteiger partial charge in [0.1, 0.15) is 12.2 Å². The Morgan fingerprint density at radius 3 is 2.65 bits per heavy atom. The number of aliphatic hydroxyl groups is 3. The molecule has 4 aliphatic rings. The molecule has 7 atom stereocenters. The average Bonchev–Trinajstić information content (AvgIpc) is 2.86. The first-order valence-electron chi connectivity index (χ1n) is 9.96. The van der Waals surface area contributed by atoms with E-state index in [1.165, 1.54) is 5.57 Å². The molecule has 1 unspecified atom stereocenters. The number of aliphatic hydroxyl groups excluding tert-OH is 2. The Morgan fingerprint density at radius 2 is 1.96 bits per heavy atom. The molecule has 5 nitrogen and oxygen atoms in total. The molecular weight excluding hydrogens is 332 g/mol. The van der Waals surface area contributed by atoms with Gasteiger partial charge >= 0.3 is 0 Å². The van der Waals surface area contributed by atoms with E-state index in [9.17, 15) is 24.9 Å². The zero-order chi connectivity index (χ0) is 18.9. The molecule has 144 valence electrons. The lowest BCUT2D eigenvalue weighted by Gasteiger charge is -2.60. The number of allylic oxidation sites excluding steroid dienone is 1. The van der Waals surface area contributed by atoms with Gasteiger partial charge in [-0.1, -0.05) is 19.4 Å². The van der Waals surface area contributed by atoms with Gasteiger partial charge in [0.25, 0.3) is 0 Å². The van der Waals surface area contributed by atoms with Gasteiger partial charge in [0.15, 0.2) is 11.6 Å². The summed E-state index contributed by atoms with van der Waals surface area (Å²) in [5.74, 6) is 0.140. The van der Waals surface area contributed by atoms with E-state index in [4.69, 9.17) is 0 Å². The van der Waals surface area contributed by atoms with E-state index in [0.29, 0.717) is 19.3 Å². The predicted molar refractivity (Wildman–Crippen MR) is 95.1 cm³/mol. The molecule has 0 aromatic rings. The van der Waals surface area contributed by atoms with E-state index in [0.717, 1.165) is 25.7 Å². The number of carbonyl (C=O) groups excluding carboxylic acids is 2. The minimum absolute atomic E-state index is 0.0697. The molecule has 0 saturated heterocycles. The molecule has 0 bridgehead atoms. The van der Waals surface area contributed by atoms with Gasteiger partial charge in [0.05, 0.1) is 6.10 Å². The fourth-order valence-electron chi connectivity index (χ4n) is 7.28. The maximum absolute atomic E-state index is 12.4. The van der Waals surface area contributed by atoms with Gasteiger partial charge in [0, 0.05) is 11.8 Å². The molecule has 0 aromatic carbocycles. The van der Waals surface area contributed by atoms with Crippen LogP contribution in [0.2, 0.25) is 0 Å². The average molecular weight is 362 g/mol. The van der Waals surface area contributed by atoms with Crippen LogP contribution in [-0.2, 0) is 9.59 Å². The van der Waals surface area contributed by atoms with E-state index >= 15 is 0 Å². The molecule has 0 heterocycles. The summed E-state index contributed by atoms with van der Waals surface area (Å²) >= 11 is 0. The van der Waals surface area contributed by atoms with Gasteiger partial charge in [0.2, 0.25) is 0 Å². The minimum atomic E-state index is -1.54. The quantitative estimate of drug-likeness (QED) is 0.696. The monoisotopic (exact) mass is 362 g/mol. The summed E-state index contributed by atoms with van der Waals surface area (Å²) in [7, 11) is 0. The molecule has 4 aliphatic carbocycles. The van der Waals surface area contributed by atoms with Gasteiger partial charge in [-0.15, -0.1) is 0 Å². The van der Waals surface area contributed by atoms with Gasteiger partial charge in [-0.05, 0) is 67.8 Å². The van der Waals surface area contributed by atoms with Gasteiger partial charge in [-0.2, -0.15) is 0 Å². The first kappa shape index (κ1) is 18.3. The summed E-state index contributed by atoms with van der Waals surface area (Å²) in [4.78, 5) is 24.3. The third-order valence-corrected chi connectivity index (χ3v) is 8.65. The number of fused-ring (bicyclic) bond motifs is 5.